The molecule has 0 bridgehead atoms. The first-order chi connectivity index (χ1) is 11.2. The van der Waals surface area contributed by atoms with Gasteiger partial charge in [0.25, 0.3) is 5.91 Å². The fourth-order valence-electron chi connectivity index (χ4n) is 2.38. The number of carbonyl (C=O) groups excluding carboxylic acids is 1. The molecule has 0 atom stereocenters. The van der Waals surface area contributed by atoms with Gasteiger partial charge in [-0.2, -0.15) is 5.10 Å². The number of hydrogen-bond donors (Lipinski definition) is 1. The molecule has 1 amide bonds. The first-order valence-corrected chi connectivity index (χ1v) is 7.49. The van der Waals surface area contributed by atoms with E-state index >= 15 is 0 Å². The summed E-state index contributed by atoms with van der Waals surface area (Å²) in [5.74, 6) is -0.307. The Morgan fingerprint density at radius 3 is 2.22 bits per heavy atom. The standard InChI is InChI=1S/C18H14ClN3O/c1-12-15(13-8-4-2-5-9-13)16(17(19)22-21-12)18(23)20-14-10-6-3-7-11-14/h2-11H,1H3,(H,20,23). The third-order valence-corrected chi connectivity index (χ3v) is 3.69. The summed E-state index contributed by atoms with van der Waals surface area (Å²) in [5, 5.41) is 10.9. The molecule has 1 aromatic heterocycles. The third kappa shape index (κ3) is 3.22. The van der Waals surface area contributed by atoms with E-state index in [0.29, 0.717) is 22.5 Å². The quantitative estimate of drug-likeness (QED) is 0.779. The maximum Gasteiger partial charge on any atom is 0.259 e. The zero-order valence-electron chi connectivity index (χ0n) is 12.5. The van der Waals surface area contributed by atoms with Crippen molar-refractivity contribution in [2.24, 2.45) is 0 Å². The number of benzene rings is 2. The maximum absolute atomic E-state index is 12.7. The Bertz CT molecular complexity index is 836. The predicted octanol–water partition coefficient (Wildman–Crippen LogP) is 4.36. The molecule has 0 fully saturated rings. The molecule has 114 valence electrons. The average Bonchev–Trinajstić information content (AvgIpc) is 2.58. The van der Waals surface area contributed by atoms with E-state index in [1.807, 2.05) is 67.6 Å². The Morgan fingerprint density at radius 2 is 1.57 bits per heavy atom. The summed E-state index contributed by atoms with van der Waals surface area (Å²) in [4.78, 5) is 12.7. The van der Waals surface area contributed by atoms with E-state index in [4.69, 9.17) is 11.6 Å². The molecule has 0 aliphatic rings. The van der Waals surface area contributed by atoms with E-state index < -0.39 is 0 Å². The Morgan fingerprint density at radius 1 is 0.957 bits per heavy atom. The van der Waals surface area contributed by atoms with Crippen LogP contribution in [0.15, 0.2) is 60.7 Å². The van der Waals surface area contributed by atoms with Crippen molar-refractivity contribution >= 4 is 23.2 Å². The van der Waals surface area contributed by atoms with Gasteiger partial charge < -0.3 is 5.32 Å². The minimum absolute atomic E-state index is 0.0860. The van der Waals surface area contributed by atoms with Crippen LogP contribution in [0.25, 0.3) is 11.1 Å². The number of aryl methyl sites for hydroxylation is 1. The lowest BCUT2D eigenvalue weighted by molar-refractivity contribution is 0.102. The highest BCUT2D eigenvalue weighted by molar-refractivity contribution is 6.34. The van der Waals surface area contributed by atoms with Gasteiger partial charge in [0.1, 0.15) is 0 Å². The molecule has 3 rings (SSSR count). The normalized spacial score (nSPS) is 10.3. The molecule has 2 aromatic carbocycles. The zero-order chi connectivity index (χ0) is 16.2. The van der Waals surface area contributed by atoms with Gasteiger partial charge in [-0.15, -0.1) is 5.10 Å². The van der Waals surface area contributed by atoms with Crippen LogP contribution < -0.4 is 5.32 Å². The molecule has 0 radical (unpaired) electrons. The van der Waals surface area contributed by atoms with Crippen LogP contribution in [-0.2, 0) is 0 Å². The summed E-state index contributed by atoms with van der Waals surface area (Å²) in [6, 6.07) is 18.8. The summed E-state index contributed by atoms with van der Waals surface area (Å²) < 4.78 is 0. The fraction of sp³-hybridized carbons (Fsp3) is 0.0556. The van der Waals surface area contributed by atoms with Crippen molar-refractivity contribution in [3.63, 3.8) is 0 Å². The number of nitrogens with one attached hydrogen (secondary N) is 1. The van der Waals surface area contributed by atoms with Crippen LogP contribution in [0.5, 0.6) is 0 Å². The molecule has 0 spiro atoms. The van der Waals surface area contributed by atoms with Gasteiger partial charge in [-0.3, -0.25) is 4.79 Å². The fourth-order valence-corrected chi connectivity index (χ4v) is 2.60. The van der Waals surface area contributed by atoms with Crippen molar-refractivity contribution in [1.82, 2.24) is 10.2 Å². The van der Waals surface area contributed by atoms with Crippen molar-refractivity contribution in [3.8, 4) is 11.1 Å². The predicted molar refractivity (Wildman–Crippen MR) is 91.6 cm³/mol. The molecule has 0 saturated heterocycles. The molecule has 0 unspecified atom stereocenters. The summed E-state index contributed by atoms with van der Waals surface area (Å²) in [5.41, 5.74) is 3.24. The van der Waals surface area contributed by atoms with Crippen LogP contribution in [0, 0.1) is 6.92 Å². The van der Waals surface area contributed by atoms with Crippen LogP contribution >= 0.6 is 11.6 Å². The molecule has 0 aliphatic heterocycles. The second kappa shape index (κ2) is 6.58. The Hall–Kier alpha value is -2.72. The van der Waals surface area contributed by atoms with E-state index in [1.54, 1.807) is 0 Å². The molecular formula is C18H14ClN3O. The summed E-state index contributed by atoms with van der Waals surface area (Å²) in [6.45, 7) is 1.81. The minimum Gasteiger partial charge on any atom is -0.322 e. The van der Waals surface area contributed by atoms with E-state index in [1.165, 1.54) is 0 Å². The number of aromatic nitrogens is 2. The number of nitrogens with zero attached hydrogens (tertiary/aromatic N) is 2. The Labute approximate surface area is 139 Å². The first-order valence-electron chi connectivity index (χ1n) is 7.11. The molecule has 5 heteroatoms. The molecule has 1 heterocycles. The number of halogens is 1. The molecule has 1 N–H and O–H groups in total. The van der Waals surface area contributed by atoms with Crippen molar-refractivity contribution in [1.29, 1.82) is 0 Å². The van der Waals surface area contributed by atoms with Gasteiger partial charge in [0.05, 0.1) is 11.3 Å². The largest absolute Gasteiger partial charge is 0.322 e. The van der Waals surface area contributed by atoms with Gasteiger partial charge in [-0.25, -0.2) is 0 Å². The number of rotatable bonds is 3. The van der Waals surface area contributed by atoms with Crippen LogP contribution in [0.4, 0.5) is 5.69 Å². The lowest BCUT2D eigenvalue weighted by Crippen LogP contribution is -2.16. The Balaban J connectivity index is 2.08. The van der Waals surface area contributed by atoms with Crippen LogP contribution in [0.1, 0.15) is 16.1 Å². The highest BCUT2D eigenvalue weighted by Crippen LogP contribution is 2.30. The van der Waals surface area contributed by atoms with Crippen LogP contribution in [-0.4, -0.2) is 16.1 Å². The van der Waals surface area contributed by atoms with Crippen molar-refractivity contribution in [3.05, 3.63) is 77.1 Å². The lowest BCUT2D eigenvalue weighted by Gasteiger charge is -2.13. The van der Waals surface area contributed by atoms with Crippen molar-refractivity contribution in [2.75, 3.05) is 5.32 Å². The number of amides is 1. The summed E-state index contributed by atoms with van der Waals surface area (Å²) in [7, 11) is 0. The van der Waals surface area contributed by atoms with E-state index in [-0.39, 0.29) is 11.1 Å². The molecule has 0 aliphatic carbocycles. The number of para-hydroxylation sites is 1. The van der Waals surface area contributed by atoms with Gasteiger partial charge in [0.15, 0.2) is 5.15 Å². The van der Waals surface area contributed by atoms with Gasteiger partial charge in [0, 0.05) is 11.3 Å². The first kappa shape index (κ1) is 15.2. The molecule has 3 aromatic rings. The molecule has 4 nitrogen and oxygen atoms in total. The topological polar surface area (TPSA) is 54.9 Å². The second-order valence-electron chi connectivity index (χ2n) is 5.01. The highest BCUT2D eigenvalue weighted by Gasteiger charge is 2.21. The highest BCUT2D eigenvalue weighted by atomic mass is 35.5. The van der Waals surface area contributed by atoms with Gasteiger partial charge in [-0.05, 0) is 24.6 Å². The van der Waals surface area contributed by atoms with E-state index in [9.17, 15) is 4.79 Å². The van der Waals surface area contributed by atoms with Gasteiger partial charge in [0.2, 0.25) is 0 Å². The van der Waals surface area contributed by atoms with Crippen molar-refractivity contribution in [2.45, 2.75) is 6.92 Å². The number of hydrogen-bond acceptors (Lipinski definition) is 3. The molecule has 0 saturated carbocycles. The van der Waals surface area contributed by atoms with E-state index in [2.05, 4.69) is 15.5 Å². The van der Waals surface area contributed by atoms with Crippen molar-refractivity contribution < 1.29 is 4.79 Å². The lowest BCUT2D eigenvalue weighted by atomic mass is 9.99. The minimum atomic E-state index is -0.307. The average molecular weight is 324 g/mol. The van der Waals surface area contributed by atoms with Crippen LogP contribution in [0.2, 0.25) is 5.15 Å². The third-order valence-electron chi connectivity index (χ3n) is 3.43. The second-order valence-corrected chi connectivity index (χ2v) is 5.37. The molecular weight excluding hydrogens is 310 g/mol. The SMILES string of the molecule is Cc1nnc(Cl)c(C(=O)Nc2ccccc2)c1-c1ccccc1. The van der Waals surface area contributed by atoms with E-state index in [0.717, 1.165) is 5.56 Å². The zero-order valence-corrected chi connectivity index (χ0v) is 13.2. The summed E-state index contributed by atoms with van der Waals surface area (Å²) in [6.07, 6.45) is 0. The maximum atomic E-state index is 12.7. The van der Waals surface area contributed by atoms with Crippen LogP contribution in [0.3, 0.4) is 0 Å². The number of carbonyl (C=O) groups is 1. The van der Waals surface area contributed by atoms with Gasteiger partial charge in [-0.1, -0.05) is 60.1 Å². The van der Waals surface area contributed by atoms with Gasteiger partial charge >= 0.3 is 0 Å². The number of anilines is 1. The summed E-state index contributed by atoms with van der Waals surface area (Å²) >= 11 is 6.18. The monoisotopic (exact) mass is 323 g/mol. The smallest absolute Gasteiger partial charge is 0.259 e. The Kier molecular flexibility index (Phi) is 4.35. The molecule has 23 heavy (non-hydrogen) atoms.